The summed E-state index contributed by atoms with van der Waals surface area (Å²) >= 11 is 1.71. The second-order valence-electron chi connectivity index (χ2n) is 6.71. The van der Waals surface area contributed by atoms with Crippen LogP contribution in [-0.2, 0) is 12.8 Å². The van der Waals surface area contributed by atoms with E-state index in [9.17, 15) is 5.26 Å². The number of nitrogens with one attached hydrogen (secondary N) is 1. The molecular formula is C21H21N3S. The maximum atomic E-state index is 9.67. The minimum absolute atomic E-state index is 0.800. The number of hydrogen-bond donors (Lipinski definition) is 1. The van der Waals surface area contributed by atoms with Crippen LogP contribution in [0, 0.1) is 18.3 Å². The van der Waals surface area contributed by atoms with E-state index in [1.165, 1.54) is 47.1 Å². The van der Waals surface area contributed by atoms with Gasteiger partial charge in [-0.05, 0) is 43.7 Å². The molecule has 0 saturated carbocycles. The summed E-state index contributed by atoms with van der Waals surface area (Å²) in [4.78, 5) is 9.42. The third-order valence-corrected chi connectivity index (χ3v) is 6.24. The van der Waals surface area contributed by atoms with Gasteiger partial charge in [0, 0.05) is 33.8 Å². The predicted octanol–water partition coefficient (Wildman–Crippen LogP) is 5.82. The Labute approximate surface area is 152 Å². The molecule has 126 valence electrons. The topological polar surface area (TPSA) is 51.9 Å². The second-order valence-corrected chi connectivity index (χ2v) is 7.79. The van der Waals surface area contributed by atoms with Gasteiger partial charge in [-0.25, -0.2) is 4.99 Å². The fourth-order valence-electron chi connectivity index (χ4n) is 3.67. The fourth-order valence-corrected chi connectivity index (χ4v) is 4.86. The number of para-hydroxylation sites is 1. The van der Waals surface area contributed by atoms with Crippen molar-refractivity contribution in [2.45, 2.75) is 45.4 Å². The molecule has 1 aliphatic rings. The standard InChI is InChI=1S/C21H21N3S/c1-14-7-6-9-16-15(12-23-20(14)16)13-24-21-18(11-22)17-8-4-2-3-5-10-19(17)25-21/h6-7,9,12-13,23H,2-5,8,10H2,1H3/b24-13+. The van der Waals surface area contributed by atoms with Crippen LogP contribution in [0.1, 0.15) is 52.8 Å². The Hall–Kier alpha value is -2.38. The van der Waals surface area contributed by atoms with Crippen molar-refractivity contribution in [1.29, 1.82) is 5.26 Å². The molecule has 0 radical (unpaired) electrons. The molecule has 1 aliphatic carbocycles. The first-order chi connectivity index (χ1) is 12.3. The molecule has 0 amide bonds. The molecule has 0 fully saturated rings. The summed E-state index contributed by atoms with van der Waals surface area (Å²) < 4.78 is 0. The van der Waals surface area contributed by atoms with Crippen LogP contribution in [0.5, 0.6) is 0 Å². The first kappa shape index (κ1) is 16.1. The third-order valence-electron chi connectivity index (χ3n) is 5.04. The Bertz CT molecular complexity index is 985. The molecule has 0 aliphatic heterocycles. The van der Waals surface area contributed by atoms with E-state index in [1.54, 1.807) is 11.3 Å². The molecule has 3 aromatic rings. The number of thiophene rings is 1. The lowest BCUT2D eigenvalue weighted by Crippen LogP contribution is -1.97. The first-order valence-corrected chi connectivity index (χ1v) is 9.75. The number of aryl methyl sites for hydroxylation is 2. The van der Waals surface area contributed by atoms with Crippen LogP contribution in [0.2, 0.25) is 0 Å². The van der Waals surface area contributed by atoms with Gasteiger partial charge in [0.15, 0.2) is 0 Å². The Kier molecular flexibility index (Phi) is 4.42. The number of aromatic amines is 1. The molecule has 0 unspecified atom stereocenters. The van der Waals surface area contributed by atoms with Crippen molar-refractivity contribution in [3.8, 4) is 6.07 Å². The highest BCUT2D eigenvalue weighted by Gasteiger charge is 2.18. The van der Waals surface area contributed by atoms with Crippen LogP contribution in [-0.4, -0.2) is 11.2 Å². The number of hydrogen-bond acceptors (Lipinski definition) is 3. The lowest BCUT2D eigenvalue weighted by Gasteiger charge is -2.08. The summed E-state index contributed by atoms with van der Waals surface area (Å²) in [6, 6.07) is 8.70. The van der Waals surface area contributed by atoms with Crippen LogP contribution in [0.25, 0.3) is 10.9 Å². The molecule has 2 aromatic heterocycles. The van der Waals surface area contributed by atoms with Crippen molar-refractivity contribution in [2.75, 3.05) is 0 Å². The molecule has 4 heteroatoms. The monoisotopic (exact) mass is 347 g/mol. The Morgan fingerprint density at radius 2 is 2.04 bits per heavy atom. The molecule has 1 aromatic carbocycles. The maximum absolute atomic E-state index is 9.67. The van der Waals surface area contributed by atoms with Crippen LogP contribution < -0.4 is 0 Å². The van der Waals surface area contributed by atoms with E-state index in [2.05, 4.69) is 36.2 Å². The largest absolute Gasteiger partial charge is 0.360 e. The molecular weight excluding hydrogens is 326 g/mol. The molecule has 1 N–H and O–H groups in total. The van der Waals surface area contributed by atoms with Crippen LogP contribution in [0.15, 0.2) is 29.4 Å². The molecule has 0 saturated heterocycles. The molecule has 0 bridgehead atoms. The molecule has 0 atom stereocenters. The number of H-pyrrole nitrogens is 1. The van der Waals surface area contributed by atoms with E-state index < -0.39 is 0 Å². The zero-order chi connectivity index (χ0) is 17.2. The van der Waals surface area contributed by atoms with E-state index in [1.807, 2.05) is 12.4 Å². The van der Waals surface area contributed by atoms with Crippen molar-refractivity contribution in [1.82, 2.24) is 4.98 Å². The van der Waals surface area contributed by atoms with E-state index in [0.717, 1.165) is 34.5 Å². The fraction of sp³-hybridized carbons (Fsp3) is 0.333. The van der Waals surface area contributed by atoms with Crippen LogP contribution in [0.4, 0.5) is 5.00 Å². The SMILES string of the molecule is Cc1cccc2c(/C=N/c3sc4c(c3C#N)CCCCCC4)c[nH]c12. The summed E-state index contributed by atoms with van der Waals surface area (Å²) in [5.74, 6) is 0. The van der Waals surface area contributed by atoms with Gasteiger partial charge in [0.05, 0.1) is 5.56 Å². The van der Waals surface area contributed by atoms with E-state index in [-0.39, 0.29) is 0 Å². The third kappa shape index (κ3) is 3.01. The van der Waals surface area contributed by atoms with Gasteiger partial charge in [0.2, 0.25) is 0 Å². The summed E-state index contributed by atoms with van der Waals surface area (Å²) in [6.07, 6.45) is 11.0. The lowest BCUT2D eigenvalue weighted by molar-refractivity contribution is 0.622. The quantitative estimate of drug-likeness (QED) is 0.583. The number of nitrogens with zero attached hydrogens (tertiary/aromatic N) is 2. The molecule has 25 heavy (non-hydrogen) atoms. The predicted molar refractivity (Wildman–Crippen MR) is 105 cm³/mol. The van der Waals surface area contributed by atoms with Crippen molar-refractivity contribution < 1.29 is 0 Å². The Morgan fingerprint density at radius 1 is 1.20 bits per heavy atom. The highest BCUT2D eigenvalue weighted by Crippen LogP contribution is 2.38. The van der Waals surface area contributed by atoms with Gasteiger partial charge < -0.3 is 4.98 Å². The Morgan fingerprint density at radius 3 is 2.88 bits per heavy atom. The number of nitriles is 1. The summed E-state index contributed by atoms with van der Waals surface area (Å²) in [7, 11) is 0. The highest BCUT2D eigenvalue weighted by molar-refractivity contribution is 7.16. The van der Waals surface area contributed by atoms with Gasteiger partial charge in [0.25, 0.3) is 0 Å². The average molecular weight is 347 g/mol. The van der Waals surface area contributed by atoms with Gasteiger partial charge in [-0.15, -0.1) is 11.3 Å². The summed E-state index contributed by atoms with van der Waals surface area (Å²) in [5, 5.41) is 11.7. The smallest absolute Gasteiger partial charge is 0.134 e. The number of aromatic nitrogens is 1. The Balaban J connectivity index is 1.72. The lowest BCUT2D eigenvalue weighted by atomic mass is 9.97. The van der Waals surface area contributed by atoms with Gasteiger partial charge in [-0.1, -0.05) is 31.0 Å². The van der Waals surface area contributed by atoms with Crippen LogP contribution >= 0.6 is 11.3 Å². The molecule has 3 nitrogen and oxygen atoms in total. The van der Waals surface area contributed by atoms with E-state index >= 15 is 0 Å². The number of aliphatic imine (C=N–C) groups is 1. The minimum atomic E-state index is 0.800. The van der Waals surface area contributed by atoms with Crippen LogP contribution in [0.3, 0.4) is 0 Å². The molecule has 2 heterocycles. The zero-order valence-electron chi connectivity index (χ0n) is 14.4. The summed E-state index contributed by atoms with van der Waals surface area (Å²) in [5.41, 5.74) is 5.52. The highest BCUT2D eigenvalue weighted by atomic mass is 32.1. The van der Waals surface area contributed by atoms with Gasteiger partial charge >= 0.3 is 0 Å². The molecule has 0 spiro atoms. The second kappa shape index (κ2) is 6.85. The normalized spacial score (nSPS) is 15.0. The first-order valence-electron chi connectivity index (χ1n) is 8.93. The van der Waals surface area contributed by atoms with Crippen molar-refractivity contribution in [3.63, 3.8) is 0 Å². The number of rotatable bonds is 2. The van der Waals surface area contributed by atoms with Gasteiger partial charge in [-0.3, -0.25) is 0 Å². The summed E-state index contributed by atoms with van der Waals surface area (Å²) in [6.45, 7) is 2.10. The number of fused-ring (bicyclic) bond motifs is 2. The average Bonchev–Trinajstić information content (AvgIpc) is 3.15. The van der Waals surface area contributed by atoms with Crippen molar-refractivity contribution >= 4 is 33.5 Å². The van der Waals surface area contributed by atoms with E-state index in [4.69, 9.17) is 4.99 Å². The van der Waals surface area contributed by atoms with Gasteiger partial charge in [0.1, 0.15) is 11.1 Å². The van der Waals surface area contributed by atoms with E-state index in [0.29, 0.717) is 0 Å². The molecule has 4 rings (SSSR count). The van der Waals surface area contributed by atoms with Crippen molar-refractivity contribution in [3.05, 3.63) is 51.5 Å². The number of benzene rings is 1. The maximum Gasteiger partial charge on any atom is 0.134 e. The minimum Gasteiger partial charge on any atom is -0.360 e. The zero-order valence-corrected chi connectivity index (χ0v) is 15.2. The van der Waals surface area contributed by atoms with Gasteiger partial charge in [-0.2, -0.15) is 5.26 Å². The van der Waals surface area contributed by atoms with Crippen molar-refractivity contribution in [2.24, 2.45) is 4.99 Å².